The first-order chi connectivity index (χ1) is 20.2. The zero-order valence-corrected chi connectivity index (χ0v) is 26.6. The Hall–Kier alpha value is -3.84. The van der Waals surface area contributed by atoms with E-state index in [4.69, 9.17) is 19.6 Å². The molecule has 0 spiro atoms. The molecule has 0 saturated carbocycles. The molecular formula is C30H39FN6O5Si. The summed E-state index contributed by atoms with van der Waals surface area (Å²) in [6.07, 6.45) is 3.93. The molecule has 11 nitrogen and oxygen atoms in total. The number of benzene rings is 1. The van der Waals surface area contributed by atoms with Crippen molar-refractivity contribution in [2.45, 2.75) is 77.7 Å². The van der Waals surface area contributed by atoms with Crippen molar-refractivity contribution in [2.24, 2.45) is 0 Å². The van der Waals surface area contributed by atoms with Gasteiger partial charge in [0.05, 0.1) is 17.8 Å². The molecule has 1 aromatic carbocycles. The van der Waals surface area contributed by atoms with Crippen LogP contribution >= 0.6 is 0 Å². The van der Waals surface area contributed by atoms with Crippen LogP contribution in [0.2, 0.25) is 25.7 Å². The first-order valence-electron chi connectivity index (χ1n) is 14.5. The van der Waals surface area contributed by atoms with Gasteiger partial charge >= 0.3 is 12.1 Å². The van der Waals surface area contributed by atoms with Crippen LogP contribution in [0.15, 0.2) is 30.6 Å². The molecule has 1 fully saturated rings. The SMILES string of the molecule is CC(C)(C)OC(=O)N1CCC(n2nc(-c3cnc4c(n3)c(C(=O)O)cn4COCC[Si](C)(C)C)c3ccc(F)cc32)CC1. The van der Waals surface area contributed by atoms with Gasteiger partial charge in [0.15, 0.2) is 5.65 Å². The number of amides is 1. The van der Waals surface area contributed by atoms with Crippen LogP contribution in [-0.4, -0.2) is 79.8 Å². The fourth-order valence-corrected chi connectivity index (χ4v) is 5.92. The molecule has 13 heteroatoms. The van der Waals surface area contributed by atoms with E-state index >= 15 is 0 Å². The van der Waals surface area contributed by atoms with Crippen LogP contribution in [0.25, 0.3) is 33.5 Å². The minimum atomic E-state index is -1.27. The van der Waals surface area contributed by atoms with Crippen LogP contribution in [0.1, 0.15) is 50.0 Å². The third-order valence-corrected chi connectivity index (χ3v) is 9.10. The van der Waals surface area contributed by atoms with E-state index in [1.54, 1.807) is 26.4 Å². The second kappa shape index (κ2) is 11.7. The number of hydrogen-bond donors (Lipinski definition) is 1. The molecule has 4 aromatic rings. The van der Waals surface area contributed by atoms with E-state index in [9.17, 15) is 19.1 Å². The highest BCUT2D eigenvalue weighted by Crippen LogP contribution is 2.34. The summed E-state index contributed by atoms with van der Waals surface area (Å²) in [6.45, 7) is 14.0. The van der Waals surface area contributed by atoms with Gasteiger partial charge in [-0.3, -0.25) is 4.68 Å². The van der Waals surface area contributed by atoms with Crippen molar-refractivity contribution >= 4 is 42.2 Å². The summed E-state index contributed by atoms with van der Waals surface area (Å²) >= 11 is 0. The maximum absolute atomic E-state index is 14.5. The van der Waals surface area contributed by atoms with Gasteiger partial charge in [0.1, 0.15) is 40.6 Å². The number of rotatable bonds is 8. The highest BCUT2D eigenvalue weighted by Gasteiger charge is 2.30. The summed E-state index contributed by atoms with van der Waals surface area (Å²) in [5, 5.41) is 15.5. The topological polar surface area (TPSA) is 125 Å². The minimum Gasteiger partial charge on any atom is -0.478 e. The summed E-state index contributed by atoms with van der Waals surface area (Å²) in [7, 11) is -1.27. The van der Waals surface area contributed by atoms with Crippen LogP contribution in [-0.2, 0) is 16.2 Å². The van der Waals surface area contributed by atoms with Crippen LogP contribution in [0.5, 0.6) is 0 Å². The molecular weight excluding hydrogens is 571 g/mol. The maximum Gasteiger partial charge on any atom is 0.410 e. The number of nitrogens with zero attached hydrogens (tertiary/aromatic N) is 6. The van der Waals surface area contributed by atoms with Crippen molar-refractivity contribution in [1.82, 2.24) is 29.2 Å². The number of hydrogen-bond acceptors (Lipinski definition) is 7. The monoisotopic (exact) mass is 610 g/mol. The van der Waals surface area contributed by atoms with Gasteiger partial charge in [-0.05, 0) is 57.9 Å². The number of carbonyl (C=O) groups excluding carboxylic acids is 1. The summed E-state index contributed by atoms with van der Waals surface area (Å²) in [5.41, 5.74) is 1.53. The fourth-order valence-electron chi connectivity index (χ4n) is 5.16. The first-order valence-corrected chi connectivity index (χ1v) is 18.2. The largest absolute Gasteiger partial charge is 0.478 e. The van der Waals surface area contributed by atoms with Gasteiger partial charge in [0.2, 0.25) is 0 Å². The van der Waals surface area contributed by atoms with Gasteiger partial charge < -0.3 is 24.0 Å². The lowest BCUT2D eigenvalue weighted by Crippen LogP contribution is -2.42. The van der Waals surface area contributed by atoms with E-state index in [-0.39, 0.29) is 29.9 Å². The molecule has 1 aliphatic rings. The van der Waals surface area contributed by atoms with E-state index in [0.717, 1.165) is 6.04 Å². The van der Waals surface area contributed by atoms with Gasteiger partial charge in [0.25, 0.3) is 0 Å². The predicted molar refractivity (Wildman–Crippen MR) is 163 cm³/mol. The standard InChI is InChI=1S/C30H39FN6O5Si/c1-30(2,3)42-29(40)35-11-9-20(10-12-35)37-24-15-19(31)7-8-21(24)25(34-37)23-16-32-27-26(33-23)22(28(38)39)17-36(27)18-41-13-14-43(4,5)6/h7-8,15-17,20H,9-14,18H2,1-6H3,(H,38,39). The van der Waals surface area contributed by atoms with E-state index in [2.05, 4.69) is 24.6 Å². The Kier molecular flexibility index (Phi) is 8.31. The van der Waals surface area contributed by atoms with Gasteiger partial charge in [-0.1, -0.05) is 19.6 Å². The molecule has 4 heterocycles. The number of fused-ring (bicyclic) bond motifs is 2. The van der Waals surface area contributed by atoms with Gasteiger partial charge in [-0.25, -0.2) is 23.9 Å². The predicted octanol–water partition coefficient (Wildman–Crippen LogP) is 6.17. The van der Waals surface area contributed by atoms with Crippen molar-refractivity contribution in [2.75, 3.05) is 19.7 Å². The Morgan fingerprint density at radius 1 is 1.16 bits per heavy atom. The van der Waals surface area contributed by atoms with E-state index in [1.807, 2.05) is 20.8 Å². The highest BCUT2D eigenvalue weighted by molar-refractivity contribution is 6.76. The Balaban J connectivity index is 1.45. The normalized spacial score (nSPS) is 15.0. The Bertz CT molecular complexity index is 1660. The third-order valence-electron chi connectivity index (χ3n) is 7.40. The van der Waals surface area contributed by atoms with Gasteiger partial charge in [-0.15, -0.1) is 0 Å². The summed E-state index contributed by atoms with van der Waals surface area (Å²) in [6, 6.07) is 5.36. The van der Waals surface area contributed by atoms with Gasteiger partial charge in [0, 0.05) is 39.4 Å². The molecule has 1 aliphatic heterocycles. The number of halogens is 1. The third kappa shape index (κ3) is 6.88. The molecule has 5 rings (SSSR count). The Labute approximate surface area is 250 Å². The molecule has 0 aliphatic carbocycles. The fraction of sp³-hybridized carbons (Fsp3) is 0.500. The number of aromatic nitrogens is 5. The minimum absolute atomic E-state index is 0.0162. The van der Waals surface area contributed by atoms with E-state index < -0.39 is 25.5 Å². The van der Waals surface area contributed by atoms with Gasteiger partial charge in [-0.2, -0.15) is 5.10 Å². The van der Waals surface area contributed by atoms with E-state index in [0.29, 0.717) is 60.5 Å². The lowest BCUT2D eigenvalue weighted by Gasteiger charge is -2.33. The number of likely N-dealkylation sites (tertiary alicyclic amines) is 1. The highest BCUT2D eigenvalue weighted by atomic mass is 28.3. The quantitative estimate of drug-likeness (QED) is 0.186. The number of carbonyl (C=O) groups is 2. The molecule has 0 radical (unpaired) electrons. The second-order valence-corrected chi connectivity index (χ2v) is 18.9. The molecule has 0 atom stereocenters. The Morgan fingerprint density at radius 3 is 2.53 bits per heavy atom. The van der Waals surface area contributed by atoms with Crippen molar-refractivity contribution in [3.63, 3.8) is 0 Å². The first kappa shape index (κ1) is 30.6. The summed E-state index contributed by atoms with van der Waals surface area (Å²) in [4.78, 5) is 35.7. The lowest BCUT2D eigenvalue weighted by molar-refractivity contribution is 0.0186. The van der Waals surface area contributed by atoms with Crippen molar-refractivity contribution < 1.29 is 28.6 Å². The average Bonchev–Trinajstić information content (AvgIpc) is 3.48. The average molecular weight is 611 g/mol. The van der Waals surface area contributed by atoms with Crippen LogP contribution in [0, 0.1) is 5.82 Å². The lowest BCUT2D eigenvalue weighted by atomic mass is 10.1. The summed E-state index contributed by atoms with van der Waals surface area (Å²) in [5.74, 6) is -1.52. The second-order valence-electron chi connectivity index (χ2n) is 13.2. The maximum atomic E-state index is 14.5. The zero-order valence-electron chi connectivity index (χ0n) is 25.6. The number of piperidine rings is 1. The molecule has 43 heavy (non-hydrogen) atoms. The number of carboxylic acid groups (broad SMARTS) is 1. The Morgan fingerprint density at radius 2 is 1.88 bits per heavy atom. The molecule has 1 N–H and O–H groups in total. The molecule has 0 bridgehead atoms. The molecule has 1 amide bonds. The van der Waals surface area contributed by atoms with Crippen LogP contribution in [0.4, 0.5) is 9.18 Å². The zero-order chi connectivity index (χ0) is 31.1. The van der Waals surface area contributed by atoms with E-state index in [1.165, 1.54) is 18.3 Å². The number of ether oxygens (including phenoxy) is 2. The molecule has 1 saturated heterocycles. The van der Waals surface area contributed by atoms with Crippen molar-refractivity contribution in [3.8, 4) is 11.4 Å². The summed E-state index contributed by atoms with van der Waals surface area (Å²) < 4.78 is 29.3. The molecule has 230 valence electrons. The van der Waals surface area contributed by atoms with Crippen molar-refractivity contribution in [1.29, 1.82) is 0 Å². The van der Waals surface area contributed by atoms with Crippen LogP contribution < -0.4 is 0 Å². The van der Waals surface area contributed by atoms with Crippen molar-refractivity contribution in [3.05, 3.63) is 42.0 Å². The van der Waals surface area contributed by atoms with Crippen LogP contribution in [0.3, 0.4) is 0 Å². The number of carboxylic acids is 1. The number of aromatic carboxylic acids is 1. The molecule has 3 aromatic heterocycles. The smallest absolute Gasteiger partial charge is 0.410 e. The molecule has 0 unspecified atom stereocenters.